The van der Waals surface area contributed by atoms with E-state index in [2.05, 4.69) is 22.1 Å². The number of halogens is 2. The smallest absolute Gasteiger partial charge is 0.0569 e. The molecule has 0 saturated carbocycles. The van der Waals surface area contributed by atoms with Crippen LogP contribution in [0.15, 0.2) is 72.4 Å². The van der Waals surface area contributed by atoms with Crippen LogP contribution in [0.4, 0.5) is 8.78 Å². The number of aliphatic hydroxyl groups excluding tert-OH is 4. The molecule has 0 aliphatic heterocycles. The Morgan fingerprint density at radius 2 is 1.22 bits per heavy atom. The maximum atomic E-state index is 13.2. The van der Waals surface area contributed by atoms with Gasteiger partial charge < -0.3 is 30.4 Å². The molecule has 6 nitrogen and oxygen atoms in total. The second-order valence-electron chi connectivity index (χ2n) is 8.98. The molecule has 230 valence electrons. The zero-order valence-electron chi connectivity index (χ0n) is 22.9. The van der Waals surface area contributed by atoms with E-state index in [1.165, 1.54) is 0 Å². The van der Waals surface area contributed by atoms with Crippen LogP contribution in [0.1, 0.15) is 27.7 Å². The predicted molar refractivity (Wildman–Crippen MR) is 149 cm³/mol. The monoisotopic (exact) mass is 946 g/mol. The van der Waals surface area contributed by atoms with Gasteiger partial charge >= 0.3 is 0 Å². The third-order valence-corrected chi connectivity index (χ3v) is 6.65. The van der Waals surface area contributed by atoms with Crippen LogP contribution in [-0.4, -0.2) is 54.8 Å². The fraction of sp³-hybridized carbons (Fsp3) is 0.333. The van der Waals surface area contributed by atoms with E-state index in [4.69, 9.17) is 0 Å². The third-order valence-electron chi connectivity index (χ3n) is 5.82. The van der Waals surface area contributed by atoms with Crippen LogP contribution in [0.25, 0.3) is 21.8 Å². The maximum Gasteiger partial charge on any atom is 0.0569 e. The molecule has 4 aromatic rings. The van der Waals surface area contributed by atoms with E-state index in [1.54, 1.807) is 69.6 Å². The number of nitrogens with zero attached hydrogens (tertiary/aromatic N) is 2. The Bertz CT molecular complexity index is 1190. The van der Waals surface area contributed by atoms with Gasteiger partial charge in [0, 0.05) is 78.0 Å². The Hall–Kier alpha value is -1.70. The topological polar surface area (TPSA) is 107 Å². The fourth-order valence-corrected chi connectivity index (χ4v) is 4.77. The molecule has 0 radical (unpaired) electrons. The molecule has 0 bridgehead atoms. The van der Waals surface area contributed by atoms with Crippen molar-refractivity contribution in [3.05, 3.63) is 96.1 Å². The molecule has 4 N–H and O–H groups in total. The van der Waals surface area contributed by atoms with Gasteiger partial charge in [-0.15, -0.1) is 17.5 Å². The van der Waals surface area contributed by atoms with Crippen LogP contribution in [0.3, 0.4) is 0 Å². The fourth-order valence-electron chi connectivity index (χ4n) is 4.12. The van der Waals surface area contributed by atoms with Crippen LogP contribution < -0.4 is 0 Å². The molecule has 11 heteroatoms. The van der Waals surface area contributed by atoms with E-state index < -0.39 is 47.9 Å². The normalized spacial score (nSPS) is 14.6. The zero-order chi connectivity index (χ0) is 28.9. The van der Waals surface area contributed by atoms with Gasteiger partial charge in [0.25, 0.3) is 0 Å². The second kappa shape index (κ2) is 20.2. The van der Waals surface area contributed by atoms with E-state index in [0.29, 0.717) is 5.69 Å². The summed E-state index contributed by atoms with van der Waals surface area (Å²) in [5.74, 6) is -2.32. The summed E-state index contributed by atoms with van der Waals surface area (Å²) in [6, 6.07) is 20.4. The van der Waals surface area contributed by atoms with E-state index in [1.807, 2.05) is 29.6 Å². The summed E-state index contributed by atoms with van der Waals surface area (Å²) in [4.78, 5) is 9.25. The summed E-state index contributed by atoms with van der Waals surface area (Å²) in [5, 5.41) is 39.9. The van der Waals surface area contributed by atoms with E-state index in [-0.39, 0.29) is 47.7 Å². The van der Waals surface area contributed by atoms with E-state index >= 15 is 0 Å². The second-order valence-corrected chi connectivity index (χ2v) is 9.90. The number of pyridine rings is 2. The number of aromatic nitrogens is 2. The summed E-state index contributed by atoms with van der Waals surface area (Å²) in [7, 11) is 0. The largest absolute Gasteiger partial charge is 0.393 e. The van der Waals surface area contributed by atoms with Crippen molar-refractivity contribution < 1.29 is 71.3 Å². The molecule has 4 atom stereocenters. The average molecular weight is 947 g/mol. The first-order valence-electron chi connectivity index (χ1n) is 12.4. The number of hydrogen-bond acceptors (Lipinski definition) is 7. The minimum absolute atomic E-state index is 0. The predicted octanol–water partition coefficient (Wildman–Crippen LogP) is 5.17. The molecule has 0 aliphatic rings. The van der Waals surface area contributed by atoms with Crippen LogP contribution in [0.2, 0.25) is 0 Å². The van der Waals surface area contributed by atoms with Crippen molar-refractivity contribution >= 4 is 11.3 Å². The van der Waals surface area contributed by atoms with Gasteiger partial charge in [0.1, 0.15) is 0 Å². The zero-order valence-corrected chi connectivity index (χ0v) is 28.2. The summed E-state index contributed by atoms with van der Waals surface area (Å²) in [6.45, 7) is 6.20. The Balaban J connectivity index is 0.000000575. The molecule has 0 aliphatic carbocycles. The molecule has 0 amide bonds. The molecule has 4 rings (SSSR count). The molecule has 41 heavy (non-hydrogen) atoms. The van der Waals surface area contributed by atoms with Crippen LogP contribution >= 0.6 is 11.3 Å². The molecular weight excluding hydrogens is 913 g/mol. The van der Waals surface area contributed by atoms with E-state index in [9.17, 15) is 29.2 Å². The number of thiophene rings is 1. The van der Waals surface area contributed by atoms with Crippen molar-refractivity contribution in [2.75, 3.05) is 0 Å². The Morgan fingerprint density at radius 3 is 1.59 bits per heavy atom. The molecule has 3 aromatic heterocycles. The van der Waals surface area contributed by atoms with Gasteiger partial charge in [-0.05, 0) is 51.2 Å². The van der Waals surface area contributed by atoms with Crippen molar-refractivity contribution in [1.29, 1.82) is 0 Å². The molecule has 3 heterocycles. The summed E-state index contributed by atoms with van der Waals surface area (Å²) < 4.78 is 25.8. The first-order valence-corrected chi connectivity index (χ1v) is 13.3. The minimum atomic E-state index is -0.760. The average Bonchev–Trinajstić information content (AvgIpc) is 3.43. The van der Waals surface area contributed by atoms with Gasteiger partial charge in [0.15, 0.2) is 0 Å². The summed E-state index contributed by atoms with van der Waals surface area (Å²) in [5.41, 5.74) is 1.64. The maximum absolute atomic E-state index is 13.2. The molecule has 4 unspecified atom stereocenters. The Morgan fingerprint density at radius 1 is 0.732 bits per heavy atom. The number of rotatable bonds is 7. The van der Waals surface area contributed by atoms with Crippen LogP contribution in [-0.2, 0) is 42.1 Å². The van der Waals surface area contributed by atoms with E-state index in [0.717, 1.165) is 22.7 Å². The van der Waals surface area contributed by atoms with Crippen LogP contribution in [0, 0.1) is 35.6 Å². The van der Waals surface area contributed by atoms with Crippen molar-refractivity contribution in [2.45, 2.75) is 52.1 Å². The number of benzene rings is 1. The van der Waals surface area contributed by atoms with Crippen molar-refractivity contribution in [2.24, 2.45) is 11.8 Å². The SMILES string of the molecule is CC(O)C(C(C)O)C(C(C)O)C(C)O.Fc1c[c-]c(-c2ccccn2)c(F)c1.[Pt].[Pt].[c-]1ccsc1-c1ccccn1. The summed E-state index contributed by atoms with van der Waals surface area (Å²) >= 11 is 1.66. The van der Waals surface area contributed by atoms with Gasteiger partial charge in [-0.2, -0.15) is 12.1 Å². The Kier molecular flexibility index (Phi) is 19.4. The molecule has 0 saturated heterocycles. The number of hydrogen-bond donors (Lipinski definition) is 4. The molecular formula is C30H34F2N2O4Pt2S-2. The quantitative estimate of drug-likeness (QED) is 0.191. The number of aliphatic hydroxyl groups is 4. The molecule has 0 fully saturated rings. The first kappa shape index (κ1) is 39.3. The van der Waals surface area contributed by atoms with Crippen molar-refractivity contribution in [3.8, 4) is 21.8 Å². The van der Waals surface area contributed by atoms with Crippen molar-refractivity contribution in [3.63, 3.8) is 0 Å². The summed E-state index contributed by atoms with van der Waals surface area (Å²) in [6.07, 6.45) is 0.302. The van der Waals surface area contributed by atoms with Gasteiger partial charge in [0.2, 0.25) is 0 Å². The minimum Gasteiger partial charge on any atom is -0.393 e. The molecule has 1 aromatic carbocycles. The van der Waals surface area contributed by atoms with Gasteiger partial charge in [0.05, 0.1) is 24.4 Å². The third kappa shape index (κ3) is 13.0. The standard InChI is InChI=1S/C11H6F2N.C10H22O4.C9H6NS.2Pt/c12-8-4-5-9(10(13)7-8)11-3-1-2-6-14-11;1-5(11)9(6(2)12)10(7(3)13)8(4)14;1-2-6-10-8(4-1)9-5-3-7-11-9;;/h1-4,6-7H;5-14H,1-4H3;1-4,6-7H;;/q-1;;-1;;. The van der Waals surface area contributed by atoms with Crippen molar-refractivity contribution in [1.82, 2.24) is 9.97 Å². The van der Waals surface area contributed by atoms with Gasteiger partial charge in [-0.1, -0.05) is 40.8 Å². The first-order chi connectivity index (χ1) is 18.5. The van der Waals surface area contributed by atoms with Gasteiger partial charge in [-0.3, -0.25) is 8.78 Å². The van der Waals surface area contributed by atoms with Crippen LogP contribution in [0.5, 0.6) is 0 Å². The Labute approximate surface area is 273 Å². The molecule has 0 spiro atoms. The van der Waals surface area contributed by atoms with Gasteiger partial charge in [-0.25, -0.2) is 11.3 Å².